The molecule has 0 spiro atoms. The van der Waals surface area contributed by atoms with E-state index in [1.54, 1.807) is 0 Å². The first-order valence-corrected chi connectivity index (χ1v) is 5.60. The molecule has 0 fully saturated rings. The van der Waals surface area contributed by atoms with Crippen molar-refractivity contribution in [2.75, 3.05) is 7.11 Å². The quantitative estimate of drug-likeness (QED) is 0.792. The lowest BCUT2D eigenvalue weighted by atomic mass is 10.1. The van der Waals surface area contributed by atoms with E-state index in [0.29, 0.717) is 0 Å². The van der Waals surface area contributed by atoms with Gasteiger partial charge in [-0.25, -0.2) is 13.6 Å². The Bertz CT molecular complexity index is 647. The van der Waals surface area contributed by atoms with E-state index in [9.17, 15) is 13.6 Å². The average Bonchev–Trinajstić information content (AvgIpc) is 2.41. The summed E-state index contributed by atoms with van der Waals surface area (Å²) in [5, 5.41) is 0.134. The van der Waals surface area contributed by atoms with Gasteiger partial charge < -0.3 is 4.74 Å². The number of methoxy groups -OCH3 is 1. The van der Waals surface area contributed by atoms with E-state index in [-0.39, 0.29) is 21.8 Å². The third-order valence-corrected chi connectivity index (χ3v) is 2.81. The highest BCUT2D eigenvalue weighted by molar-refractivity contribution is 6.33. The fourth-order valence-electron chi connectivity index (χ4n) is 1.58. The van der Waals surface area contributed by atoms with Gasteiger partial charge in [0.15, 0.2) is 5.82 Å². The Morgan fingerprint density at radius 2 is 2.05 bits per heavy atom. The van der Waals surface area contributed by atoms with Crippen LogP contribution in [0.25, 0.3) is 11.3 Å². The molecule has 0 unspecified atom stereocenters. The number of hydrogen-bond donors (Lipinski definition) is 0. The zero-order valence-electron chi connectivity index (χ0n) is 9.78. The monoisotopic (exact) mass is 283 g/mol. The summed E-state index contributed by atoms with van der Waals surface area (Å²) in [7, 11) is 1.14. The molecule has 1 aromatic heterocycles. The molecule has 2 aromatic rings. The molecule has 3 nitrogen and oxygen atoms in total. The van der Waals surface area contributed by atoms with Crippen LogP contribution in [0.2, 0.25) is 5.02 Å². The molecule has 0 bridgehead atoms. The van der Waals surface area contributed by atoms with E-state index >= 15 is 0 Å². The summed E-state index contributed by atoms with van der Waals surface area (Å²) >= 11 is 5.88. The van der Waals surface area contributed by atoms with Gasteiger partial charge in [-0.15, -0.1) is 0 Å². The van der Waals surface area contributed by atoms with Gasteiger partial charge in [-0.2, -0.15) is 0 Å². The Morgan fingerprint density at radius 3 is 2.74 bits per heavy atom. The predicted octanol–water partition coefficient (Wildman–Crippen LogP) is 3.47. The van der Waals surface area contributed by atoms with Gasteiger partial charge in [0.05, 0.1) is 17.7 Å². The highest BCUT2D eigenvalue weighted by Crippen LogP contribution is 2.30. The van der Waals surface area contributed by atoms with Gasteiger partial charge in [0.2, 0.25) is 0 Å². The summed E-state index contributed by atoms with van der Waals surface area (Å²) < 4.78 is 31.8. The zero-order valence-corrected chi connectivity index (χ0v) is 10.5. The maximum absolute atomic E-state index is 14.2. The number of rotatable bonds is 2. The first-order chi connectivity index (χ1) is 9.04. The standard InChI is InChI=1S/C13H8ClF2NO2/c1-19-13(18)8-4-5-17-12(11(8)16)9-6-7(15)2-3-10(9)14/h2-6H,1H3. The van der Waals surface area contributed by atoms with Gasteiger partial charge in [-0.3, -0.25) is 4.98 Å². The molecule has 0 saturated heterocycles. The first kappa shape index (κ1) is 13.4. The van der Waals surface area contributed by atoms with Gasteiger partial charge in [0.25, 0.3) is 0 Å². The first-order valence-electron chi connectivity index (χ1n) is 5.23. The molecule has 6 heteroatoms. The highest BCUT2D eigenvalue weighted by Gasteiger charge is 2.19. The van der Waals surface area contributed by atoms with Crippen molar-refractivity contribution >= 4 is 17.6 Å². The lowest BCUT2D eigenvalue weighted by Gasteiger charge is -2.08. The Morgan fingerprint density at radius 1 is 1.32 bits per heavy atom. The second kappa shape index (κ2) is 5.32. The topological polar surface area (TPSA) is 39.2 Å². The van der Waals surface area contributed by atoms with Crippen molar-refractivity contribution < 1.29 is 18.3 Å². The van der Waals surface area contributed by atoms with Crippen LogP contribution in [0.5, 0.6) is 0 Å². The molecular formula is C13H8ClF2NO2. The molecule has 0 radical (unpaired) electrons. The molecule has 0 amide bonds. The van der Waals surface area contributed by atoms with Crippen molar-refractivity contribution in [2.24, 2.45) is 0 Å². The van der Waals surface area contributed by atoms with Crippen LogP contribution in [0.4, 0.5) is 8.78 Å². The van der Waals surface area contributed by atoms with Crippen molar-refractivity contribution in [3.8, 4) is 11.3 Å². The number of hydrogen-bond acceptors (Lipinski definition) is 3. The van der Waals surface area contributed by atoms with Gasteiger partial charge in [0, 0.05) is 11.8 Å². The molecule has 0 aliphatic heterocycles. The van der Waals surface area contributed by atoms with E-state index in [1.165, 1.54) is 18.3 Å². The molecule has 0 atom stereocenters. The van der Waals surface area contributed by atoms with Crippen LogP contribution in [0.1, 0.15) is 10.4 Å². The second-order valence-corrected chi connectivity index (χ2v) is 4.04. The zero-order chi connectivity index (χ0) is 14.0. The fraction of sp³-hybridized carbons (Fsp3) is 0.0769. The van der Waals surface area contributed by atoms with Crippen molar-refractivity contribution in [3.63, 3.8) is 0 Å². The summed E-state index contributed by atoms with van der Waals surface area (Å²) in [6.07, 6.45) is 1.23. The third-order valence-electron chi connectivity index (χ3n) is 2.48. The maximum Gasteiger partial charge on any atom is 0.340 e. The number of carbonyl (C=O) groups is 1. The third kappa shape index (κ3) is 2.56. The number of nitrogens with zero attached hydrogens (tertiary/aromatic N) is 1. The van der Waals surface area contributed by atoms with E-state index in [0.717, 1.165) is 19.2 Å². The molecule has 0 N–H and O–H groups in total. The van der Waals surface area contributed by atoms with Gasteiger partial charge in [-0.05, 0) is 24.3 Å². The van der Waals surface area contributed by atoms with E-state index < -0.39 is 17.6 Å². The molecule has 0 aliphatic rings. The molecule has 0 aliphatic carbocycles. The summed E-state index contributed by atoms with van der Waals surface area (Å²) in [6, 6.07) is 4.67. The SMILES string of the molecule is COC(=O)c1ccnc(-c2cc(F)ccc2Cl)c1F. The van der Waals surface area contributed by atoms with Gasteiger partial charge in [0.1, 0.15) is 11.5 Å². The van der Waals surface area contributed by atoms with Gasteiger partial charge >= 0.3 is 5.97 Å². The van der Waals surface area contributed by atoms with Crippen LogP contribution in [0.15, 0.2) is 30.5 Å². The predicted molar refractivity (Wildman–Crippen MR) is 65.9 cm³/mol. The number of aromatic nitrogens is 1. The molecule has 98 valence electrons. The minimum Gasteiger partial charge on any atom is -0.465 e. The molecule has 0 saturated carbocycles. The van der Waals surface area contributed by atoms with Crippen LogP contribution in [-0.4, -0.2) is 18.1 Å². The Kier molecular flexibility index (Phi) is 3.76. The maximum atomic E-state index is 14.2. The second-order valence-electron chi connectivity index (χ2n) is 3.64. The number of benzene rings is 1. The number of esters is 1. The summed E-state index contributed by atoms with van der Waals surface area (Å²) in [4.78, 5) is 15.2. The van der Waals surface area contributed by atoms with Crippen LogP contribution in [-0.2, 0) is 4.74 Å². The van der Waals surface area contributed by atoms with E-state index in [4.69, 9.17) is 11.6 Å². The van der Waals surface area contributed by atoms with Crippen LogP contribution >= 0.6 is 11.6 Å². The van der Waals surface area contributed by atoms with Crippen LogP contribution < -0.4 is 0 Å². The van der Waals surface area contributed by atoms with Crippen LogP contribution in [0, 0.1) is 11.6 Å². The molecule has 1 heterocycles. The van der Waals surface area contributed by atoms with Crippen molar-refractivity contribution in [3.05, 3.63) is 52.7 Å². The van der Waals surface area contributed by atoms with Gasteiger partial charge in [-0.1, -0.05) is 11.6 Å². The number of halogens is 3. The number of ether oxygens (including phenoxy) is 1. The Labute approximate surface area is 112 Å². The van der Waals surface area contributed by atoms with E-state index in [2.05, 4.69) is 9.72 Å². The smallest absolute Gasteiger partial charge is 0.340 e. The minimum absolute atomic E-state index is 0.0740. The van der Waals surface area contributed by atoms with Crippen LogP contribution in [0.3, 0.4) is 0 Å². The van der Waals surface area contributed by atoms with Crippen molar-refractivity contribution in [2.45, 2.75) is 0 Å². The molecule has 19 heavy (non-hydrogen) atoms. The highest BCUT2D eigenvalue weighted by atomic mass is 35.5. The molecule has 1 aromatic carbocycles. The normalized spacial score (nSPS) is 10.3. The largest absolute Gasteiger partial charge is 0.465 e. The lowest BCUT2D eigenvalue weighted by Crippen LogP contribution is -2.06. The lowest BCUT2D eigenvalue weighted by molar-refractivity contribution is 0.0595. The summed E-state index contributed by atoms with van der Waals surface area (Å²) in [6.45, 7) is 0. The molecule has 2 rings (SSSR count). The number of carbonyl (C=O) groups excluding carboxylic acids is 1. The Hall–Kier alpha value is -2.01. The van der Waals surface area contributed by atoms with E-state index in [1.807, 2.05) is 0 Å². The average molecular weight is 284 g/mol. The van der Waals surface area contributed by atoms with Crippen molar-refractivity contribution in [1.29, 1.82) is 0 Å². The Balaban J connectivity index is 2.63. The van der Waals surface area contributed by atoms with Crippen molar-refractivity contribution in [1.82, 2.24) is 4.98 Å². The number of pyridine rings is 1. The summed E-state index contributed by atoms with van der Waals surface area (Å²) in [5.41, 5.74) is -0.412. The molecular weight excluding hydrogens is 276 g/mol. The minimum atomic E-state index is -0.901. The summed E-state index contributed by atoms with van der Waals surface area (Å²) in [5.74, 6) is -2.32. The fourth-order valence-corrected chi connectivity index (χ4v) is 1.79.